The molecule has 1 aromatic heterocycles. The van der Waals surface area contributed by atoms with Gasteiger partial charge in [-0.2, -0.15) is 0 Å². The molecule has 0 atom stereocenters. The summed E-state index contributed by atoms with van der Waals surface area (Å²) in [7, 11) is 0. The number of rotatable bonds is 4. The highest BCUT2D eigenvalue weighted by Crippen LogP contribution is 2.19. The number of carbonyl (C=O) groups excluding carboxylic acids is 2. The summed E-state index contributed by atoms with van der Waals surface area (Å²) in [5.41, 5.74) is 1.87. The molecule has 1 fully saturated rings. The second-order valence-electron chi connectivity index (χ2n) is 6.15. The number of furan rings is 1. The first-order chi connectivity index (χ1) is 13.1. The summed E-state index contributed by atoms with van der Waals surface area (Å²) in [6.45, 7) is 5.01. The fraction of sp³-hybridized carbons (Fsp3) is 0.316. The van der Waals surface area contributed by atoms with Crippen LogP contribution in [0.5, 0.6) is 0 Å². The van der Waals surface area contributed by atoms with E-state index in [4.69, 9.17) is 16.6 Å². The predicted octanol–water partition coefficient (Wildman–Crippen LogP) is 2.47. The van der Waals surface area contributed by atoms with Crippen molar-refractivity contribution >= 4 is 40.5 Å². The fourth-order valence-electron chi connectivity index (χ4n) is 2.93. The largest absolute Gasteiger partial charge is 0.459 e. The van der Waals surface area contributed by atoms with Gasteiger partial charge in [-0.3, -0.25) is 14.9 Å². The van der Waals surface area contributed by atoms with Gasteiger partial charge >= 0.3 is 0 Å². The number of amides is 2. The van der Waals surface area contributed by atoms with Crippen molar-refractivity contribution in [3.8, 4) is 0 Å². The number of thiocarbonyl (C=S) groups is 1. The number of anilines is 2. The normalized spacial score (nSPS) is 14.0. The molecule has 27 heavy (non-hydrogen) atoms. The van der Waals surface area contributed by atoms with Gasteiger partial charge in [-0.1, -0.05) is 6.92 Å². The Kier molecular flexibility index (Phi) is 6.08. The van der Waals surface area contributed by atoms with E-state index in [0.29, 0.717) is 6.42 Å². The Hall–Kier alpha value is -2.87. The van der Waals surface area contributed by atoms with Gasteiger partial charge in [0, 0.05) is 44.0 Å². The summed E-state index contributed by atoms with van der Waals surface area (Å²) < 4.78 is 5.03. The van der Waals surface area contributed by atoms with E-state index >= 15 is 0 Å². The van der Waals surface area contributed by atoms with Crippen molar-refractivity contribution < 1.29 is 14.0 Å². The quantitative estimate of drug-likeness (QED) is 0.786. The van der Waals surface area contributed by atoms with Crippen LogP contribution < -0.4 is 15.5 Å². The van der Waals surface area contributed by atoms with Crippen LogP contribution in [0.25, 0.3) is 0 Å². The van der Waals surface area contributed by atoms with Gasteiger partial charge in [-0.05, 0) is 48.6 Å². The van der Waals surface area contributed by atoms with Gasteiger partial charge in [-0.25, -0.2) is 0 Å². The highest BCUT2D eigenvalue weighted by atomic mass is 32.1. The third-order valence-corrected chi connectivity index (χ3v) is 4.60. The topological polar surface area (TPSA) is 77.8 Å². The monoisotopic (exact) mass is 386 g/mol. The summed E-state index contributed by atoms with van der Waals surface area (Å²) in [4.78, 5) is 27.8. The fourth-order valence-corrected chi connectivity index (χ4v) is 3.14. The Morgan fingerprint density at radius 2 is 1.81 bits per heavy atom. The van der Waals surface area contributed by atoms with Crippen LogP contribution in [0.2, 0.25) is 0 Å². The summed E-state index contributed by atoms with van der Waals surface area (Å²) >= 11 is 5.16. The van der Waals surface area contributed by atoms with Gasteiger partial charge in [-0.15, -0.1) is 0 Å². The van der Waals surface area contributed by atoms with Gasteiger partial charge in [0.05, 0.1) is 6.26 Å². The minimum Gasteiger partial charge on any atom is -0.459 e. The van der Waals surface area contributed by atoms with Gasteiger partial charge in [0.25, 0.3) is 5.91 Å². The van der Waals surface area contributed by atoms with Crippen LogP contribution in [0.3, 0.4) is 0 Å². The number of nitrogens with zero attached hydrogens (tertiary/aromatic N) is 2. The molecule has 7 nitrogen and oxygen atoms in total. The second kappa shape index (κ2) is 8.68. The number of benzene rings is 1. The van der Waals surface area contributed by atoms with Crippen molar-refractivity contribution in [3.05, 3.63) is 48.4 Å². The number of nitrogens with one attached hydrogen (secondary N) is 2. The van der Waals surface area contributed by atoms with Crippen molar-refractivity contribution in [1.29, 1.82) is 0 Å². The Morgan fingerprint density at radius 3 is 2.41 bits per heavy atom. The maximum absolute atomic E-state index is 11.9. The molecule has 2 amide bonds. The molecule has 0 spiro atoms. The van der Waals surface area contributed by atoms with E-state index in [0.717, 1.165) is 37.6 Å². The zero-order chi connectivity index (χ0) is 19.2. The Morgan fingerprint density at radius 1 is 1.11 bits per heavy atom. The van der Waals surface area contributed by atoms with Crippen LogP contribution in [-0.2, 0) is 4.79 Å². The number of piperazine rings is 1. The SMILES string of the molecule is CCC(=O)N1CCN(c2ccc(NC(=S)NC(=O)c3ccco3)cc2)CC1. The molecule has 1 aliphatic rings. The molecule has 3 rings (SSSR count). The average molecular weight is 386 g/mol. The third kappa shape index (κ3) is 4.85. The smallest absolute Gasteiger partial charge is 0.293 e. The van der Waals surface area contributed by atoms with Crippen LogP contribution in [0, 0.1) is 0 Å². The van der Waals surface area contributed by atoms with Crippen molar-refractivity contribution in [2.75, 3.05) is 36.4 Å². The molecule has 2 aromatic rings. The van der Waals surface area contributed by atoms with Crippen LogP contribution in [0.15, 0.2) is 47.1 Å². The highest BCUT2D eigenvalue weighted by molar-refractivity contribution is 7.80. The van der Waals surface area contributed by atoms with Crippen LogP contribution in [-0.4, -0.2) is 48.0 Å². The van der Waals surface area contributed by atoms with Gasteiger partial charge in [0.1, 0.15) is 0 Å². The molecule has 142 valence electrons. The third-order valence-electron chi connectivity index (χ3n) is 4.40. The van der Waals surface area contributed by atoms with Crippen LogP contribution in [0.4, 0.5) is 11.4 Å². The minimum atomic E-state index is -0.395. The molecule has 1 aliphatic heterocycles. The molecule has 1 aromatic carbocycles. The first-order valence-corrected chi connectivity index (χ1v) is 9.26. The molecule has 0 aliphatic carbocycles. The molecular formula is C19H22N4O3S. The van der Waals surface area contributed by atoms with Crippen molar-refractivity contribution in [2.24, 2.45) is 0 Å². The lowest BCUT2D eigenvalue weighted by Crippen LogP contribution is -2.48. The lowest BCUT2D eigenvalue weighted by Gasteiger charge is -2.36. The highest BCUT2D eigenvalue weighted by Gasteiger charge is 2.20. The first kappa shape index (κ1) is 18.9. The van der Waals surface area contributed by atoms with E-state index in [1.54, 1.807) is 12.1 Å². The molecule has 0 saturated carbocycles. The zero-order valence-electron chi connectivity index (χ0n) is 15.1. The predicted molar refractivity (Wildman–Crippen MR) is 108 cm³/mol. The minimum absolute atomic E-state index is 0.204. The molecule has 8 heteroatoms. The molecular weight excluding hydrogens is 364 g/mol. The number of hydrogen-bond acceptors (Lipinski definition) is 5. The molecule has 2 N–H and O–H groups in total. The maximum Gasteiger partial charge on any atom is 0.293 e. The van der Waals surface area contributed by atoms with E-state index in [-0.39, 0.29) is 16.8 Å². The van der Waals surface area contributed by atoms with E-state index in [2.05, 4.69) is 15.5 Å². The summed E-state index contributed by atoms with van der Waals surface area (Å²) in [6.07, 6.45) is 1.98. The second-order valence-corrected chi connectivity index (χ2v) is 6.56. The van der Waals surface area contributed by atoms with E-state index in [1.807, 2.05) is 36.1 Å². The lowest BCUT2D eigenvalue weighted by atomic mass is 10.2. The Labute approximate surface area is 163 Å². The standard InChI is InChI=1S/C19H22N4O3S/c1-2-17(24)23-11-9-22(10-12-23)15-7-5-14(6-8-15)20-19(27)21-18(25)16-4-3-13-26-16/h3-8,13H,2,9-12H2,1H3,(H2,20,21,25,27). The molecule has 0 unspecified atom stereocenters. The van der Waals surface area contributed by atoms with Crippen LogP contribution in [0.1, 0.15) is 23.9 Å². The Bertz CT molecular complexity index is 797. The van der Waals surface area contributed by atoms with E-state index in [1.165, 1.54) is 6.26 Å². The Balaban J connectivity index is 1.51. The van der Waals surface area contributed by atoms with Crippen molar-refractivity contribution in [2.45, 2.75) is 13.3 Å². The van der Waals surface area contributed by atoms with Crippen molar-refractivity contribution in [1.82, 2.24) is 10.2 Å². The number of hydrogen-bond donors (Lipinski definition) is 2. The maximum atomic E-state index is 11.9. The van der Waals surface area contributed by atoms with Gasteiger partial charge in [0.15, 0.2) is 10.9 Å². The average Bonchev–Trinajstić information content (AvgIpc) is 3.23. The van der Waals surface area contributed by atoms with E-state index in [9.17, 15) is 9.59 Å². The van der Waals surface area contributed by atoms with Gasteiger partial charge < -0.3 is 19.5 Å². The molecule has 0 radical (unpaired) electrons. The van der Waals surface area contributed by atoms with Crippen LogP contribution >= 0.6 is 12.2 Å². The zero-order valence-corrected chi connectivity index (χ0v) is 15.9. The summed E-state index contributed by atoms with van der Waals surface area (Å²) in [5, 5.41) is 5.75. The first-order valence-electron chi connectivity index (χ1n) is 8.85. The summed E-state index contributed by atoms with van der Waals surface area (Å²) in [5.74, 6) is 0.0168. The molecule has 0 bridgehead atoms. The lowest BCUT2D eigenvalue weighted by molar-refractivity contribution is -0.131. The molecule has 2 heterocycles. The van der Waals surface area contributed by atoms with Crippen molar-refractivity contribution in [3.63, 3.8) is 0 Å². The summed E-state index contributed by atoms with van der Waals surface area (Å²) in [6, 6.07) is 11.0. The van der Waals surface area contributed by atoms with E-state index < -0.39 is 5.91 Å². The molecule has 1 saturated heterocycles. The number of carbonyl (C=O) groups is 2. The van der Waals surface area contributed by atoms with Gasteiger partial charge in [0.2, 0.25) is 5.91 Å².